The first kappa shape index (κ1) is 24.1. The van der Waals surface area contributed by atoms with Crippen molar-refractivity contribution in [3.63, 3.8) is 0 Å². The summed E-state index contributed by atoms with van der Waals surface area (Å²) in [7, 11) is 1.58. The molecular formula is C28H20Br2N2O4. The zero-order valence-electron chi connectivity index (χ0n) is 19.1. The van der Waals surface area contributed by atoms with E-state index >= 15 is 0 Å². The number of nitrogens with zero attached hydrogens (tertiary/aromatic N) is 1. The number of benzene rings is 4. The summed E-state index contributed by atoms with van der Waals surface area (Å²) in [5, 5.41) is 7.23. The maximum atomic E-state index is 12.5. The molecule has 4 aromatic carbocycles. The Labute approximate surface area is 224 Å². The van der Waals surface area contributed by atoms with E-state index in [0.29, 0.717) is 33.7 Å². The van der Waals surface area contributed by atoms with Gasteiger partial charge < -0.3 is 13.9 Å². The van der Waals surface area contributed by atoms with Crippen molar-refractivity contribution < 1.29 is 18.7 Å². The van der Waals surface area contributed by atoms with E-state index in [9.17, 15) is 4.79 Å². The number of methoxy groups -OCH3 is 1. The van der Waals surface area contributed by atoms with Gasteiger partial charge in [-0.25, -0.2) is 5.43 Å². The van der Waals surface area contributed by atoms with Crippen molar-refractivity contribution in [3.05, 3.63) is 105 Å². The summed E-state index contributed by atoms with van der Waals surface area (Å²) < 4.78 is 18.8. The van der Waals surface area contributed by atoms with Crippen molar-refractivity contribution in [2.75, 3.05) is 7.11 Å². The van der Waals surface area contributed by atoms with Crippen molar-refractivity contribution in [3.8, 4) is 11.5 Å². The van der Waals surface area contributed by atoms with Gasteiger partial charge in [-0.1, -0.05) is 52.3 Å². The molecule has 0 saturated carbocycles. The Balaban J connectivity index is 1.27. The number of amides is 1. The molecule has 8 heteroatoms. The third kappa shape index (κ3) is 5.29. The van der Waals surface area contributed by atoms with Crippen LogP contribution < -0.4 is 14.9 Å². The lowest BCUT2D eigenvalue weighted by Crippen LogP contribution is -2.16. The normalized spacial score (nSPS) is 11.3. The Kier molecular flexibility index (Phi) is 7.06. The van der Waals surface area contributed by atoms with Gasteiger partial charge in [-0.15, -0.1) is 0 Å². The van der Waals surface area contributed by atoms with Crippen LogP contribution in [-0.2, 0) is 6.61 Å². The molecule has 6 nitrogen and oxygen atoms in total. The van der Waals surface area contributed by atoms with Gasteiger partial charge in [0.05, 0.1) is 17.8 Å². The standard InChI is InChI=1S/C28H20Br2N2O4/c1-34-25-12-18(15-31-32-28(33)26-14-21-13-22(29)8-9-24(21)36-26)11-23(30)27(25)35-16-17-6-7-19-4-2-3-5-20(19)10-17/h2-15H,16H2,1H3,(H,32,33)/b31-15+. The van der Waals surface area contributed by atoms with Crippen LogP contribution in [0.3, 0.4) is 0 Å². The minimum atomic E-state index is -0.444. The van der Waals surface area contributed by atoms with Crippen LogP contribution in [0, 0.1) is 0 Å². The van der Waals surface area contributed by atoms with Crippen LogP contribution in [0.5, 0.6) is 11.5 Å². The Hall–Kier alpha value is -3.62. The number of furan rings is 1. The molecule has 0 fully saturated rings. The van der Waals surface area contributed by atoms with Gasteiger partial charge >= 0.3 is 5.91 Å². The summed E-state index contributed by atoms with van der Waals surface area (Å²) >= 11 is 6.97. The molecule has 0 spiro atoms. The van der Waals surface area contributed by atoms with Crippen LogP contribution in [-0.4, -0.2) is 19.2 Å². The minimum absolute atomic E-state index is 0.177. The van der Waals surface area contributed by atoms with Crippen LogP contribution in [0.25, 0.3) is 21.7 Å². The number of rotatable bonds is 7. The smallest absolute Gasteiger partial charge is 0.307 e. The second-order valence-electron chi connectivity index (χ2n) is 8.00. The highest BCUT2D eigenvalue weighted by Crippen LogP contribution is 2.37. The Morgan fingerprint density at radius 2 is 1.81 bits per heavy atom. The van der Waals surface area contributed by atoms with E-state index in [1.54, 1.807) is 25.3 Å². The van der Waals surface area contributed by atoms with Crippen LogP contribution in [0.1, 0.15) is 21.7 Å². The average molecular weight is 608 g/mol. The lowest BCUT2D eigenvalue weighted by Gasteiger charge is -2.14. The molecule has 1 amide bonds. The first-order valence-electron chi connectivity index (χ1n) is 11.0. The van der Waals surface area contributed by atoms with Crippen molar-refractivity contribution in [1.82, 2.24) is 5.43 Å². The molecule has 0 aliphatic heterocycles. The number of nitrogens with one attached hydrogen (secondary N) is 1. The Bertz CT molecular complexity index is 1610. The number of ether oxygens (including phenoxy) is 2. The molecule has 36 heavy (non-hydrogen) atoms. The summed E-state index contributed by atoms with van der Waals surface area (Å²) in [6.45, 7) is 0.386. The SMILES string of the molecule is COc1cc(/C=N/NC(=O)c2cc3cc(Br)ccc3o2)cc(Br)c1OCc1ccc2ccccc2c1. The first-order valence-corrected chi connectivity index (χ1v) is 12.6. The molecule has 1 heterocycles. The van der Waals surface area contributed by atoms with E-state index < -0.39 is 5.91 Å². The second kappa shape index (κ2) is 10.6. The van der Waals surface area contributed by atoms with Gasteiger partial charge in [-0.3, -0.25) is 4.79 Å². The van der Waals surface area contributed by atoms with E-state index in [0.717, 1.165) is 20.8 Å². The quantitative estimate of drug-likeness (QED) is 0.154. The van der Waals surface area contributed by atoms with Crippen molar-refractivity contribution in [2.24, 2.45) is 5.10 Å². The molecule has 0 radical (unpaired) electrons. The van der Waals surface area contributed by atoms with Crippen LogP contribution in [0.4, 0.5) is 0 Å². The molecule has 5 rings (SSSR count). The molecule has 1 N–H and O–H groups in total. The zero-order valence-corrected chi connectivity index (χ0v) is 22.3. The van der Waals surface area contributed by atoms with Crippen molar-refractivity contribution in [2.45, 2.75) is 6.61 Å². The summed E-state index contributed by atoms with van der Waals surface area (Å²) in [5.41, 5.74) is 4.88. The van der Waals surface area contributed by atoms with Gasteiger partial charge in [0.25, 0.3) is 0 Å². The number of carbonyl (C=O) groups excluding carboxylic acids is 1. The van der Waals surface area contributed by atoms with Gasteiger partial charge in [0, 0.05) is 9.86 Å². The van der Waals surface area contributed by atoms with Crippen LogP contribution >= 0.6 is 31.9 Å². The molecule has 0 aliphatic carbocycles. The monoisotopic (exact) mass is 606 g/mol. The number of hydrogen-bond donors (Lipinski definition) is 1. The number of fused-ring (bicyclic) bond motifs is 2. The topological polar surface area (TPSA) is 73.1 Å². The maximum Gasteiger partial charge on any atom is 0.307 e. The van der Waals surface area contributed by atoms with E-state index in [2.05, 4.69) is 66.7 Å². The average Bonchev–Trinajstić information content (AvgIpc) is 3.31. The molecule has 0 bridgehead atoms. The summed E-state index contributed by atoms with van der Waals surface area (Å²) in [5.74, 6) is 0.859. The summed E-state index contributed by atoms with van der Waals surface area (Å²) in [6.07, 6.45) is 1.53. The van der Waals surface area contributed by atoms with Crippen LogP contribution in [0.2, 0.25) is 0 Å². The van der Waals surface area contributed by atoms with Gasteiger partial charge in [-0.05, 0) is 80.3 Å². The number of hydrazone groups is 1. The van der Waals surface area contributed by atoms with Gasteiger partial charge in [0.1, 0.15) is 12.2 Å². The highest BCUT2D eigenvalue weighted by Gasteiger charge is 2.13. The van der Waals surface area contributed by atoms with Crippen LogP contribution in [0.15, 0.2) is 97.3 Å². The van der Waals surface area contributed by atoms with Crippen molar-refractivity contribution in [1.29, 1.82) is 0 Å². The number of halogens is 2. The molecule has 1 aromatic heterocycles. The first-order chi connectivity index (χ1) is 17.5. The number of hydrogen-bond acceptors (Lipinski definition) is 5. The second-order valence-corrected chi connectivity index (χ2v) is 9.77. The molecule has 0 unspecified atom stereocenters. The summed E-state index contributed by atoms with van der Waals surface area (Å²) in [4.78, 5) is 12.5. The maximum absolute atomic E-state index is 12.5. The Morgan fingerprint density at radius 3 is 2.64 bits per heavy atom. The van der Waals surface area contributed by atoms with E-state index in [1.807, 2.05) is 36.4 Å². The third-order valence-corrected chi connectivity index (χ3v) is 6.61. The third-order valence-electron chi connectivity index (χ3n) is 5.53. The molecule has 0 atom stereocenters. The van der Waals surface area contributed by atoms with E-state index in [4.69, 9.17) is 13.9 Å². The Morgan fingerprint density at radius 1 is 0.972 bits per heavy atom. The molecule has 180 valence electrons. The molecule has 0 aliphatic rings. The largest absolute Gasteiger partial charge is 0.493 e. The van der Waals surface area contributed by atoms with Gasteiger partial charge in [0.2, 0.25) is 0 Å². The van der Waals surface area contributed by atoms with Gasteiger partial charge in [-0.2, -0.15) is 5.10 Å². The molecular weight excluding hydrogens is 588 g/mol. The zero-order chi connectivity index (χ0) is 25.1. The fraction of sp³-hybridized carbons (Fsp3) is 0.0714. The fourth-order valence-corrected chi connectivity index (χ4v) is 4.74. The highest BCUT2D eigenvalue weighted by atomic mass is 79.9. The fourth-order valence-electron chi connectivity index (χ4n) is 3.79. The molecule has 5 aromatic rings. The predicted octanol–water partition coefficient (Wildman–Crippen LogP) is 7.46. The van der Waals surface area contributed by atoms with E-state index in [-0.39, 0.29) is 5.76 Å². The lowest BCUT2D eigenvalue weighted by molar-refractivity contribution is 0.0929. The van der Waals surface area contributed by atoms with Crippen molar-refractivity contribution >= 4 is 65.7 Å². The van der Waals surface area contributed by atoms with Gasteiger partial charge in [0.15, 0.2) is 17.3 Å². The predicted molar refractivity (Wildman–Crippen MR) is 148 cm³/mol. The number of carbonyl (C=O) groups is 1. The lowest BCUT2D eigenvalue weighted by atomic mass is 10.1. The molecule has 0 saturated heterocycles. The highest BCUT2D eigenvalue weighted by molar-refractivity contribution is 9.10. The van der Waals surface area contributed by atoms with E-state index in [1.165, 1.54) is 11.6 Å². The minimum Gasteiger partial charge on any atom is -0.493 e. The summed E-state index contributed by atoms with van der Waals surface area (Å²) in [6, 6.07) is 25.3.